The fraction of sp³-hybridized carbons (Fsp3) is 0.900. The van der Waals surface area contributed by atoms with Crippen LogP contribution < -0.4 is 4.72 Å². The summed E-state index contributed by atoms with van der Waals surface area (Å²) in [6, 6.07) is -1.02. The molecule has 1 atom stereocenters. The number of nitrogens with one attached hydrogen (secondary N) is 1. The largest absolute Gasteiger partial charge is 0.480 e. The van der Waals surface area contributed by atoms with Gasteiger partial charge in [-0.25, -0.2) is 13.1 Å². The molecule has 0 aromatic carbocycles. The zero-order valence-electron chi connectivity index (χ0n) is 9.89. The second-order valence-corrected chi connectivity index (χ2v) is 6.15. The van der Waals surface area contributed by atoms with E-state index in [1.165, 1.54) is 0 Å². The van der Waals surface area contributed by atoms with Crippen LogP contribution in [0.1, 0.15) is 32.6 Å². The number of sulfonamides is 1. The van der Waals surface area contributed by atoms with Crippen LogP contribution in [-0.2, 0) is 19.6 Å². The molecule has 1 rings (SSSR count). The van der Waals surface area contributed by atoms with Gasteiger partial charge in [0.2, 0.25) is 10.0 Å². The van der Waals surface area contributed by atoms with E-state index < -0.39 is 27.3 Å². The third-order valence-corrected chi connectivity index (χ3v) is 4.75. The minimum atomic E-state index is -3.56. The summed E-state index contributed by atoms with van der Waals surface area (Å²) < 4.78 is 31.3. The Morgan fingerprint density at radius 3 is 2.53 bits per heavy atom. The van der Waals surface area contributed by atoms with Gasteiger partial charge in [0.05, 0.1) is 5.25 Å². The van der Waals surface area contributed by atoms with Gasteiger partial charge in [-0.2, -0.15) is 0 Å². The summed E-state index contributed by atoms with van der Waals surface area (Å²) in [5.41, 5.74) is 0. The molecule has 0 aromatic heterocycles. The minimum absolute atomic E-state index is 0.303. The fourth-order valence-corrected chi connectivity index (χ4v) is 3.42. The van der Waals surface area contributed by atoms with Crippen molar-refractivity contribution in [2.75, 3.05) is 13.2 Å². The Morgan fingerprint density at radius 2 is 2.06 bits per heavy atom. The van der Waals surface area contributed by atoms with E-state index in [0.29, 0.717) is 38.9 Å². The van der Waals surface area contributed by atoms with Crippen molar-refractivity contribution in [3.63, 3.8) is 0 Å². The molecule has 0 bridgehead atoms. The SMILES string of the molecule is CCC[C@@H](NS(=O)(=O)C1CCOCC1)C(=O)O. The molecule has 2 N–H and O–H groups in total. The molecular formula is C10H19NO5S. The van der Waals surface area contributed by atoms with Crippen LogP contribution in [-0.4, -0.2) is 44.0 Å². The van der Waals surface area contributed by atoms with E-state index in [-0.39, 0.29) is 0 Å². The molecule has 0 saturated carbocycles. The van der Waals surface area contributed by atoms with Crippen molar-refractivity contribution in [2.45, 2.75) is 43.9 Å². The number of ether oxygens (including phenoxy) is 1. The summed E-state index contributed by atoms with van der Waals surface area (Å²) in [5.74, 6) is -1.12. The molecular weight excluding hydrogens is 246 g/mol. The molecule has 0 aromatic rings. The second-order valence-electron chi connectivity index (χ2n) is 4.15. The molecule has 6 nitrogen and oxygen atoms in total. The number of rotatable bonds is 6. The highest BCUT2D eigenvalue weighted by atomic mass is 32.2. The van der Waals surface area contributed by atoms with E-state index >= 15 is 0 Å². The van der Waals surface area contributed by atoms with Crippen molar-refractivity contribution in [1.82, 2.24) is 4.72 Å². The van der Waals surface area contributed by atoms with E-state index in [0.717, 1.165) is 0 Å². The number of aliphatic carboxylic acids is 1. The van der Waals surface area contributed by atoms with Crippen molar-refractivity contribution in [2.24, 2.45) is 0 Å². The molecule has 17 heavy (non-hydrogen) atoms. The Hall–Kier alpha value is -0.660. The van der Waals surface area contributed by atoms with Crippen LogP contribution in [0.5, 0.6) is 0 Å². The van der Waals surface area contributed by atoms with Crippen molar-refractivity contribution in [1.29, 1.82) is 0 Å². The molecule has 1 aliphatic rings. The van der Waals surface area contributed by atoms with E-state index in [2.05, 4.69) is 4.72 Å². The topological polar surface area (TPSA) is 92.7 Å². The van der Waals surface area contributed by atoms with Crippen molar-refractivity contribution in [3.05, 3.63) is 0 Å². The normalized spacial score (nSPS) is 20.1. The number of carbonyl (C=O) groups is 1. The first-order valence-corrected chi connectivity index (χ1v) is 7.33. The molecule has 0 aliphatic carbocycles. The van der Waals surface area contributed by atoms with Crippen molar-refractivity contribution >= 4 is 16.0 Å². The molecule has 0 radical (unpaired) electrons. The van der Waals surface area contributed by atoms with Gasteiger partial charge in [0.25, 0.3) is 0 Å². The maximum absolute atomic E-state index is 11.9. The van der Waals surface area contributed by atoms with Gasteiger partial charge in [0.1, 0.15) is 6.04 Å². The lowest BCUT2D eigenvalue weighted by Crippen LogP contribution is -2.46. The van der Waals surface area contributed by atoms with Gasteiger partial charge >= 0.3 is 5.97 Å². The van der Waals surface area contributed by atoms with Crippen LogP contribution in [0.25, 0.3) is 0 Å². The number of hydrogen-bond acceptors (Lipinski definition) is 4. The predicted molar refractivity (Wildman–Crippen MR) is 62.2 cm³/mol. The molecule has 1 fully saturated rings. The Kier molecular flexibility index (Phi) is 5.35. The Bertz CT molecular complexity index is 348. The fourth-order valence-electron chi connectivity index (χ4n) is 1.80. The number of hydrogen-bond donors (Lipinski definition) is 2. The minimum Gasteiger partial charge on any atom is -0.480 e. The lowest BCUT2D eigenvalue weighted by molar-refractivity contribution is -0.139. The highest BCUT2D eigenvalue weighted by Crippen LogP contribution is 2.15. The monoisotopic (exact) mass is 265 g/mol. The van der Waals surface area contributed by atoms with E-state index in [1.807, 2.05) is 6.92 Å². The molecule has 0 unspecified atom stereocenters. The van der Waals surface area contributed by atoms with Gasteiger partial charge in [-0.05, 0) is 19.3 Å². The molecule has 1 heterocycles. The smallest absolute Gasteiger partial charge is 0.321 e. The average molecular weight is 265 g/mol. The van der Waals surface area contributed by atoms with E-state index in [4.69, 9.17) is 9.84 Å². The first-order chi connectivity index (χ1) is 7.97. The third-order valence-electron chi connectivity index (χ3n) is 2.79. The zero-order valence-corrected chi connectivity index (χ0v) is 10.7. The van der Waals surface area contributed by atoms with Gasteiger partial charge in [-0.15, -0.1) is 0 Å². The summed E-state index contributed by atoms with van der Waals surface area (Å²) in [4.78, 5) is 10.9. The van der Waals surface area contributed by atoms with E-state index in [1.54, 1.807) is 0 Å². The maximum atomic E-state index is 11.9. The van der Waals surface area contributed by atoms with Crippen LogP contribution in [0.4, 0.5) is 0 Å². The molecule has 0 amide bonds. The molecule has 1 saturated heterocycles. The second kappa shape index (κ2) is 6.32. The van der Waals surface area contributed by atoms with Crippen molar-refractivity contribution in [3.8, 4) is 0 Å². The Balaban J connectivity index is 2.65. The summed E-state index contributed by atoms with van der Waals surface area (Å²) in [5, 5.41) is 8.38. The van der Waals surface area contributed by atoms with Gasteiger partial charge < -0.3 is 9.84 Å². The average Bonchev–Trinajstić information content (AvgIpc) is 2.29. The number of carboxylic acid groups (broad SMARTS) is 1. The summed E-state index contributed by atoms with van der Waals surface area (Å²) in [7, 11) is -3.56. The highest BCUT2D eigenvalue weighted by molar-refractivity contribution is 7.90. The third kappa shape index (κ3) is 4.25. The maximum Gasteiger partial charge on any atom is 0.321 e. The highest BCUT2D eigenvalue weighted by Gasteiger charge is 2.31. The molecule has 1 aliphatic heterocycles. The summed E-state index contributed by atoms with van der Waals surface area (Å²) in [6.45, 7) is 2.65. The van der Waals surface area contributed by atoms with E-state index in [9.17, 15) is 13.2 Å². The van der Waals surface area contributed by atoms with Crippen LogP contribution in [0.2, 0.25) is 0 Å². The predicted octanol–water partition coefficient (Wildman–Crippen LogP) is 0.338. The zero-order chi connectivity index (χ0) is 12.9. The number of carboxylic acids is 1. The molecule has 0 spiro atoms. The molecule has 100 valence electrons. The Morgan fingerprint density at radius 1 is 1.47 bits per heavy atom. The standard InChI is InChI=1S/C10H19NO5S/c1-2-3-9(10(12)13)11-17(14,15)8-4-6-16-7-5-8/h8-9,11H,2-7H2,1H3,(H,12,13)/t9-/m1/s1. The Labute approximate surface area is 101 Å². The first-order valence-electron chi connectivity index (χ1n) is 5.79. The van der Waals surface area contributed by atoms with Crippen LogP contribution >= 0.6 is 0 Å². The van der Waals surface area contributed by atoms with Gasteiger partial charge in [0.15, 0.2) is 0 Å². The van der Waals surface area contributed by atoms with Crippen LogP contribution in [0.15, 0.2) is 0 Å². The summed E-state index contributed by atoms with van der Waals surface area (Å²) >= 11 is 0. The lowest BCUT2D eigenvalue weighted by atomic mass is 10.2. The van der Waals surface area contributed by atoms with Crippen LogP contribution in [0, 0.1) is 0 Å². The van der Waals surface area contributed by atoms with Crippen molar-refractivity contribution < 1.29 is 23.1 Å². The summed E-state index contributed by atoms with van der Waals surface area (Å²) in [6.07, 6.45) is 1.77. The quantitative estimate of drug-likeness (QED) is 0.722. The molecule has 7 heteroatoms. The van der Waals surface area contributed by atoms with Gasteiger partial charge in [0, 0.05) is 13.2 Å². The van der Waals surface area contributed by atoms with Gasteiger partial charge in [-0.3, -0.25) is 4.79 Å². The van der Waals surface area contributed by atoms with Gasteiger partial charge in [-0.1, -0.05) is 13.3 Å². The first kappa shape index (κ1) is 14.4. The van der Waals surface area contributed by atoms with Crippen LogP contribution in [0.3, 0.4) is 0 Å². The lowest BCUT2D eigenvalue weighted by Gasteiger charge is -2.24.